The van der Waals surface area contributed by atoms with Crippen molar-refractivity contribution in [2.45, 2.75) is 18.4 Å². The zero-order chi connectivity index (χ0) is 17.0. The summed E-state index contributed by atoms with van der Waals surface area (Å²) in [5, 5.41) is 9.08. The van der Waals surface area contributed by atoms with Crippen LogP contribution in [0.15, 0.2) is 23.9 Å². The Hall–Kier alpha value is -2.68. The molecule has 1 fully saturated rings. The Bertz CT molecular complexity index is 721. The summed E-state index contributed by atoms with van der Waals surface area (Å²) in [6.45, 7) is -0.179. The fourth-order valence-electron chi connectivity index (χ4n) is 2.60. The van der Waals surface area contributed by atoms with E-state index in [1.807, 2.05) is 0 Å². The first-order valence-electron chi connectivity index (χ1n) is 6.71. The van der Waals surface area contributed by atoms with Crippen molar-refractivity contribution < 1.29 is 28.2 Å². The van der Waals surface area contributed by atoms with Gasteiger partial charge in [0.15, 0.2) is 11.6 Å². The number of benzene rings is 1. The summed E-state index contributed by atoms with van der Waals surface area (Å²) in [7, 11) is 0. The second kappa shape index (κ2) is 6.61. The number of hydrogen-bond acceptors (Lipinski definition) is 3. The van der Waals surface area contributed by atoms with Gasteiger partial charge in [0, 0.05) is 13.0 Å². The van der Waals surface area contributed by atoms with Crippen LogP contribution in [-0.2, 0) is 15.1 Å². The molecule has 1 aromatic rings. The van der Waals surface area contributed by atoms with E-state index in [1.54, 1.807) is 5.94 Å². The highest BCUT2D eigenvalue weighted by Gasteiger charge is 2.42. The van der Waals surface area contributed by atoms with Crippen LogP contribution in [0.1, 0.15) is 18.4 Å². The summed E-state index contributed by atoms with van der Waals surface area (Å²) < 4.78 is 32.3. The second-order valence-corrected chi connectivity index (χ2v) is 5.03. The number of terminal acetylenes is 1. The molecule has 0 aliphatic carbocycles. The maximum Gasteiger partial charge on any atom is 0.412 e. The lowest BCUT2D eigenvalue weighted by Gasteiger charge is -2.40. The van der Waals surface area contributed by atoms with Crippen molar-refractivity contribution in [1.82, 2.24) is 4.90 Å². The average molecular weight is 321 g/mol. The Labute approximate surface area is 131 Å². The van der Waals surface area contributed by atoms with Crippen LogP contribution in [0.2, 0.25) is 0 Å². The molecule has 0 spiro atoms. The molecule has 0 bridgehead atoms. The van der Waals surface area contributed by atoms with E-state index in [4.69, 9.17) is 16.3 Å². The number of ether oxygens (including phenoxy) is 1. The summed E-state index contributed by atoms with van der Waals surface area (Å²) in [4.78, 5) is 23.1. The standard InChI is InChI=1S/C16H13F2NO4/c1-2-7-23-16(11-3-4-13(17)14(18)8-11)5-6-19(15(21)22)12(9-16)10-20/h1,3-4,8H,5-7,9H2,(H,21,22). The summed E-state index contributed by atoms with van der Waals surface area (Å²) >= 11 is 0. The molecule has 1 aromatic carbocycles. The van der Waals surface area contributed by atoms with Crippen LogP contribution in [0.3, 0.4) is 0 Å². The number of carboxylic acid groups (broad SMARTS) is 1. The molecule has 1 heterocycles. The minimum absolute atomic E-state index is 0.0521. The molecule has 1 aliphatic heterocycles. The smallest absolute Gasteiger partial charge is 0.412 e. The number of likely N-dealkylation sites (tertiary alicyclic amines) is 1. The molecule has 0 aromatic heterocycles. The first-order chi connectivity index (χ1) is 10.9. The number of amides is 1. The predicted molar refractivity (Wildman–Crippen MR) is 76.0 cm³/mol. The number of carbonyl (C=O) groups is 1. The van der Waals surface area contributed by atoms with Crippen molar-refractivity contribution in [3.63, 3.8) is 0 Å². The molecule has 1 aliphatic rings. The van der Waals surface area contributed by atoms with Crippen LogP contribution in [0, 0.1) is 24.0 Å². The highest BCUT2D eigenvalue weighted by Crippen LogP contribution is 2.40. The highest BCUT2D eigenvalue weighted by atomic mass is 19.2. The lowest BCUT2D eigenvalue weighted by Crippen LogP contribution is -2.45. The van der Waals surface area contributed by atoms with Gasteiger partial charge in [-0.25, -0.2) is 18.4 Å². The van der Waals surface area contributed by atoms with Crippen LogP contribution in [0.4, 0.5) is 13.6 Å². The third-order valence-electron chi connectivity index (χ3n) is 3.74. The number of nitrogens with zero attached hydrogens (tertiary/aromatic N) is 1. The number of hydrogen-bond donors (Lipinski definition) is 1. The van der Waals surface area contributed by atoms with Crippen LogP contribution in [0.5, 0.6) is 0 Å². The molecule has 1 atom stereocenters. The Morgan fingerprint density at radius 3 is 2.74 bits per heavy atom. The van der Waals surface area contributed by atoms with Gasteiger partial charge in [-0.3, -0.25) is 4.90 Å². The predicted octanol–water partition coefficient (Wildman–Crippen LogP) is 2.30. The van der Waals surface area contributed by atoms with Gasteiger partial charge in [-0.1, -0.05) is 12.0 Å². The van der Waals surface area contributed by atoms with Gasteiger partial charge in [0.25, 0.3) is 0 Å². The number of halogens is 2. The van der Waals surface area contributed by atoms with Gasteiger partial charge in [-0.2, -0.15) is 0 Å². The third-order valence-corrected chi connectivity index (χ3v) is 3.74. The molecule has 7 heteroatoms. The van der Waals surface area contributed by atoms with Gasteiger partial charge >= 0.3 is 6.09 Å². The zero-order valence-corrected chi connectivity index (χ0v) is 12.0. The summed E-state index contributed by atoms with van der Waals surface area (Å²) in [6, 6.07) is 3.23. The van der Waals surface area contributed by atoms with Gasteiger partial charge in [0.2, 0.25) is 0 Å². The summed E-state index contributed by atoms with van der Waals surface area (Å²) in [5.74, 6) is 1.76. The van der Waals surface area contributed by atoms with Crippen molar-refractivity contribution in [2.24, 2.45) is 0 Å². The average Bonchev–Trinajstić information content (AvgIpc) is 2.54. The van der Waals surface area contributed by atoms with E-state index < -0.39 is 23.3 Å². The van der Waals surface area contributed by atoms with Gasteiger partial charge < -0.3 is 9.84 Å². The number of rotatable bonds is 3. The minimum atomic E-state index is -1.29. The van der Waals surface area contributed by atoms with E-state index in [0.29, 0.717) is 0 Å². The van der Waals surface area contributed by atoms with Gasteiger partial charge in [-0.05, 0) is 24.1 Å². The topological polar surface area (TPSA) is 66.8 Å². The van der Waals surface area contributed by atoms with Crippen molar-refractivity contribution in [1.29, 1.82) is 0 Å². The molecule has 1 amide bonds. The summed E-state index contributed by atoms with van der Waals surface area (Å²) in [6.07, 6.45) is 3.87. The molecule has 0 radical (unpaired) electrons. The largest absolute Gasteiger partial charge is 0.465 e. The Morgan fingerprint density at radius 2 is 2.17 bits per heavy atom. The zero-order valence-electron chi connectivity index (χ0n) is 12.0. The molecule has 2 rings (SSSR count). The van der Waals surface area contributed by atoms with Crippen molar-refractivity contribution >= 4 is 12.0 Å². The Kier molecular flexibility index (Phi) is 4.80. The van der Waals surface area contributed by atoms with Gasteiger partial charge in [0.1, 0.15) is 23.8 Å². The van der Waals surface area contributed by atoms with E-state index in [9.17, 15) is 18.4 Å². The molecule has 1 N–H and O–H groups in total. The molecular weight excluding hydrogens is 308 g/mol. The van der Waals surface area contributed by atoms with Crippen LogP contribution >= 0.6 is 0 Å². The van der Waals surface area contributed by atoms with Crippen LogP contribution < -0.4 is 0 Å². The maximum absolute atomic E-state index is 13.6. The van der Waals surface area contributed by atoms with Gasteiger partial charge in [-0.15, -0.1) is 6.42 Å². The van der Waals surface area contributed by atoms with Crippen molar-refractivity contribution in [3.05, 3.63) is 41.1 Å². The molecule has 23 heavy (non-hydrogen) atoms. The van der Waals surface area contributed by atoms with Crippen LogP contribution in [0.25, 0.3) is 0 Å². The third kappa shape index (κ3) is 3.24. The van der Waals surface area contributed by atoms with Crippen molar-refractivity contribution in [3.8, 4) is 12.3 Å². The van der Waals surface area contributed by atoms with Crippen LogP contribution in [-0.4, -0.2) is 35.2 Å². The molecule has 1 unspecified atom stereocenters. The number of piperidine rings is 1. The molecular formula is C16H13F2NO4. The lowest BCUT2D eigenvalue weighted by atomic mass is 9.82. The SMILES string of the molecule is C#CCOC1(c2ccc(F)c(F)c2)CCN(C(=O)O)C(=C=O)C1. The number of carbonyl (C=O) groups excluding carboxylic acids is 1. The molecule has 1 saturated heterocycles. The Balaban J connectivity index is 2.45. The fourth-order valence-corrected chi connectivity index (χ4v) is 2.60. The quantitative estimate of drug-likeness (QED) is 0.685. The van der Waals surface area contributed by atoms with Gasteiger partial charge in [0.05, 0.1) is 0 Å². The lowest BCUT2D eigenvalue weighted by molar-refractivity contribution is -0.0600. The second-order valence-electron chi connectivity index (χ2n) is 5.03. The monoisotopic (exact) mass is 321 g/mol. The van der Waals surface area contributed by atoms with E-state index >= 15 is 0 Å². The molecule has 0 saturated carbocycles. The Morgan fingerprint density at radius 1 is 1.43 bits per heavy atom. The minimum Gasteiger partial charge on any atom is -0.465 e. The van der Waals surface area contributed by atoms with E-state index in [2.05, 4.69) is 5.92 Å². The van der Waals surface area contributed by atoms with E-state index in [1.165, 1.54) is 6.07 Å². The fraction of sp³-hybridized carbons (Fsp3) is 0.312. The van der Waals surface area contributed by atoms with Crippen molar-refractivity contribution in [2.75, 3.05) is 13.2 Å². The first kappa shape index (κ1) is 16.7. The van der Waals surface area contributed by atoms with E-state index in [-0.39, 0.29) is 37.3 Å². The van der Waals surface area contributed by atoms with E-state index in [0.717, 1.165) is 17.0 Å². The molecule has 120 valence electrons. The highest BCUT2D eigenvalue weighted by molar-refractivity contribution is 5.72. The maximum atomic E-state index is 13.6. The molecule has 5 nitrogen and oxygen atoms in total. The first-order valence-corrected chi connectivity index (χ1v) is 6.71. The summed E-state index contributed by atoms with van der Waals surface area (Å²) in [5.41, 5.74) is -1.07. The normalized spacial score (nSPS) is 20.7.